The molecule has 1 N–H and O–H groups in total. The van der Waals surface area contributed by atoms with E-state index in [0.717, 1.165) is 10.4 Å². The van der Waals surface area contributed by atoms with Crippen molar-refractivity contribution in [3.05, 3.63) is 21.4 Å². The molecule has 0 spiro atoms. The lowest BCUT2D eigenvalue weighted by atomic mass is 10.2. The van der Waals surface area contributed by atoms with Crippen molar-refractivity contribution < 1.29 is 14.7 Å². The van der Waals surface area contributed by atoms with Gasteiger partial charge in [0, 0.05) is 25.5 Å². The molecular weight excluding hydrogens is 252 g/mol. The lowest BCUT2D eigenvalue weighted by Crippen LogP contribution is -2.34. The van der Waals surface area contributed by atoms with Gasteiger partial charge in [-0.3, -0.25) is 9.69 Å². The Hall–Kier alpha value is -1.40. The Labute approximate surface area is 111 Å². The van der Waals surface area contributed by atoms with Crippen molar-refractivity contribution in [1.82, 2.24) is 9.80 Å². The summed E-state index contributed by atoms with van der Waals surface area (Å²) in [6, 6.07) is 1.68. The van der Waals surface area contributed by atoms with E-state index in [1.165, 1.54) is 11.3 Å². The highest BCUT2D eigenvalue weighted by Gasteiger charge is 2.14. The number of carbonyl (C=O) groups excluding carboxylic acids is 1. The predicted molar refractivity (Wildman–Crippen MR) is 71.0 cm³/mol. The highest BCUT2D eigenvalue weighted by molar-refractivity contribution is 7.14. The lowest BCUT2D eigenvalue weighted by molar-refractivity contribution is -0.129. The zero-order valence-electron chi connectivity index (χ0n) is 11.1. The molecule has 0 aliphatic carbocycles. The zero-order valence-corrected chi connectivity index (χ0v) is 11.9. The summed E-state index contributed by atoms with van der Waals surface area (Å²) < 4.78 is 0. The fraction of sp³-hybridized carbons (Fsp3) is 0.500. The van der Waals surface area contributed by atoms with Gasteiger partial charge in [0.25, 0.3) is 0 Å². The Morgan fingerprint density at radius 1 is 1.33 bits per heavy atom. The van der Waals surface area contributed by atoms with Gasteiger partial charge in [0.05, 0.1) is 6.54 Å². The maximum atomic E-state index is 11.5. The van der Waals surface area contributed by atoms with Crippen LogP contribution in [0.15, 0.2) is 6.07 Å². The van der Waals surface area contributed by atoms with Gasteiger partial charge in [0.2, 0.25) is 5.91 Å². The molecular formula is C12H18N2O3S. The molecule has 1 amide bonds. The first kappa shape index (κ1) is 14.7. The number of nitrogens with zero attached hydrogens (tertiary/aromatic N) is 2. The normalized spacial score (nSPS) is 10.7. The molecule has 5 nitrogen and oxygen atoms in total. The number of carboxylic acid groups (broad SMARTS) is 1. The van der Waals surface area contributed by atoms with Crippen molar-refractivity contribution in [2.75, 3.05) is 27.7 Å². The molecule has 0 radical (unpaired) electrons. The fourth-order valence-electron chi connectivity index (χ4n) is 1.50. The van der Waals surface area contributed by atoms with Crippen LogP contribution in [0.1, 0.15) is 20.1 Å². The van der Waals surface area contributed by atoms with Crippen molar-refractivity contribution in [3.8, 4) is 0 Å². The number of likely N-dealkylation sites (N-methyl/N-ethyl adjacent to an activating group) is 2. The molecule has 1 rings (SSSR count). The molecule has 0 atom stereocenters. The van der Waals surface area contributed by atoms with E-state index in [1.54, 1.807) is 25.1 Å². The van der Waals surface area contributed by atoms with Crippen LogP contribution in [-0.2, 0) is 11.3 Å². The SMILES string of the molecule is Cc1sc(C(=O)O)cc1CN(C)CC(=O)N(C)C. The number of rotatable bonds is 5. The van der Waals surface area contributed by atoms with E-state index < -0.39 is 5.97 Å². The molecule has 0 unspecified atom stereocenters. The molecule has 0 bridgehead atoms. The van der Waals surface area contributed by atoms with Gasteiger partial charge < -0.3 is 10.0 Å². The topological polar surface area (TPSA) is 60.9 Å². The second-order valence-corrected chi connectivity index (χ2v) is 5.71. The van der Waals surface area contributed by atoms with E-state index in [9.17, 15) is 9.59 Å². The first-order valence-corrected chi connectivity index (χ1v) is 6.34. The molecule has 0 saturated carbocycles. The summed E-state index contributed by atoms with van der Waals surface area (Å²) in [6.45, 7) is 2.80. The van der Waals surface area contributed by atoms with E-state index in [1.807, 2.05) is 18.9 Å². The Morgan fingerprint density at radius 3 is 2.39 bits per heavy atom. The Bertz CT molecular complexity index is 454. The average molecular weight is 270 g/mol. The van der Waals surface area contributed by atoms with Gasteiger partial charge in [0.15, 0.2) is 0 Å². The van der Waals surface area contributed by atoms with Crippen molar-refractivity contribution in [2.24, 2.45) is 0 Å². The van der Waals surface area contributed by atoms with Gasteiger partial charge >= 0.3 is 5.97 Å². The minimum absolute atomic E-state index is 0.0313. The number of carboxylic acids is 1. The molecule has 0 fully saturated rings. The summed E-state index contributed by atoms with van der Waals surface area (Å²) >= 11 is 1.27. The van der Waals surface area contributed by atoms with Crippen LogP contribution in [-0.4, -0.2) is 54.5 Å². The van der Waals surface area contributed by atoms with Crippen molar-refractivity contribution >= 4 is 23.2 Å². The molecule has 0 aromatic carbocycles. The molecule has 0 aliphatic rings. The highest BCUT2D eigenvalue weighted by atomic mass is 32.1. The number of hydrogen-bond acceptors (Lipinski definition) is 4. The third-order valence-corrected chi connectivity index (χ3v) is 3.66. The molecule has 0 saturated heterocycles. The van der Waals surface area contributed by atoms with Crippen LogP contribution in [0, 0.1) is 6.92 Å². The second-order valence-electron chi connectivity index (χ2n) is 4.46. The fourth-order valence-corrected chi connectivity index (χ4v) is 2.37. The maximum Gasteiger partial charge on any atom is 0.345 e. The number of aryl methyl sites for hydroxylation is 1. The lowest BCUT2D eigenvalue weighted by Gasteiger charge is -2.18. The van der Waals surface area contributed by atoms with Crippen LogP contribution in [0.3, 0.4) is 0 Å². The molecule has 0 aliphatic heterocycles. The summed E-state index contributed by atoms with van der Waals surface area (Å²) in [5.41, 5.74) is 0.964. The molecule has 6 heteroatoms. The summed E-state index contributed by atoms with van der Waals surface area (Å²) in [7, 11) is 5.28. The number of aromatic carboxylic acids is 1. The summed E-state index contributed by atoms with van der Waals surface area (Å²) in [5.74, 6) is -0.870. The highest BCUT2D eigenvalue weighted by Crippen LogP contribution is 2.22. The van der Waals surface area contributed by atoms with Crippen LogP contribution in [0.25, 0.3) is 0 Å². The molecule has 18 heavy (non-hydrogen) atoms. The van der Waals surface area contributed by atoms with Crippen molar-refractivity contribution in [3.63, 3.8) is 0 Å². The van der Waals surface area contributed by atoms with Gasteiger partial charge in [-0.05, 0) is 25.6 Å². The van der Waals surface area contributed by atoms with Crippen LogP contribution >= 0.6 is 11.3 Å². The van der Waals surface area contributed by atoms with E-state index in [4.69, 9.17) is 5.11 Å². The van der Waals surface area contributed by atoms with Gasteiger partial charge in [-0.15, -0.1) is 11.3 Å². The van der Waals surface area contributed by atoms with Gasteiger partial charge in [-0.2, -0.15) is 0 Å². The van der Waals surface area contributed by atoms with Crippen molar-refractivity contribution in [1.29, 1.82) is 0 Å². The zero-order chi connectivity index (χ0) is 13.9. The minimum atomic E-state index is -0.902. The van der Waals surface area contributed by atoms with E-state index in [-0.39, 0.29) is 5.91 Å². The first-order valence-electron chi connectivity index (χ1n) is 5.52. The second kappa shape index (κ2) is 5.97. The van der Waals surface area contributed by atoms with Crippen LogP contribution in [0.4, 0.5) is 0 Å². The van der Waals surface area contributed by atoms with Crippen molar-refractivity contribution in [2.45, 2.75) is 13.5 Å². The summed E-state index contributed by atoms with van der Waals surface area (Å²) in [4.78, 5) is 27.1. The van der Waals surface area contributed by atoms with Gasteiger partial charge in [-0.25, -0.2) is 4.79 Å². The summed E-state index contributed by atoms with van der Waals surface area (Å²) in [5, 5.41) is 8.91. The Morgan fingerprint density at radius 2 is 1.94 bits per heavy atom. The monoisotopic (exact) mass is 270 g/mol. The van der Waals surface area contributed by atoms with Crippen LogP contribution < -0.4 is 0 Å². The largest absolute Gasteiger partial charge is 0.477 e. The Balaban J connectivity index is 2.67. The van der Waals surface area contributed by atoms with E-state index in [0.29, 0.717) is 18.0 Å². The number of carbonyl (C=O) groups is 2. The minimum Gasteiger partial charge on any atom is -0.477 e. The molecule has 100 valence electrons. The summed E-state index contributed by atoms with van der Waals surface area (Å²) in [6.07, 6.45) is 0. The molecule has 1 aromatic heterocycles. The number of hydrogen-bond donors (Lipinski definition) is 1. The smallest absolute Gasteiger partial charge is 0.345 e. The van der Waals surface area contributed by atoms with Gasteiger partial charge in [-0.1, -0.05) is 0 Å². The average Bonchev–Trinajstić information content (AvgIpc) is 2.60. The standard InChI is InChI=1S/C12H18N2O3S/c1-8-9(5-10(18-8)12(16)17)6-14(4)7-11(15)13(2)3/h5H,6-7H2,1-4H3,(H,16,17). The number of amides is 1. The van der Waals surface area contributed by atoms with Gasteiger partial charge in [0.1, 0.15) is 4.88 Å². The van der Waals surface area contributed by atoms with E-state index >= 15 is 0 Å². The Kier molecular flexibility index (Phi) is 4.86. The predicted octanol–water partition coefficient (Wildman–Crippen LogP) is 1.27. The third kappa shape index (κ3) is 3.82. The van der Waals surface area contributed by atoms with Crippen LogP contribution in [0.5, 0.6) is 0 Å². The maximum absolute atomic E-state index is 11.5. The first-order chi connectivity index (χ1) is 8.31. The van der Waals surface area contributed by atoms with Crippen LogP contribution in [0.2, 0.25) is 0 Å². The third-order valence-electron chi connectivity index (χ3n) is 2.58. The number of thiophene rings is 1. The molecule has 1 aromatic rings. The quantitative estimate of drug-likeness (QED) is 0.875. The van der Waals surface area contributed by atoms with E-state index in [2.05, 4.69) is 0 Å². The molecule has 1 heterocycles.